The zero-order valence-corrected chi connectivity index (χ0v) is 8.24. The molecule has 1 aliphatic heterocycles. The number of fused-ring (bicyclic) bond motifs is 1. The molecule has 0 aromatic rings. The van der Waals surface area contributed by atoms with Gasteiger partial charge in [-0.05, 0) is 38.0 Å². The molecule has 0 spiro atoms. The van der Waals surface area contributed by atoms with E-state index in [4.69, 9.17) is 9.84 Å². The molecule has 0 amide bonds. The minimum atomic E-state index is -1.17. The molecule has 0 aromatic heterocycles. The Kier molecular flexibility index (Phi) is 2.91. The van der Waals surface area contributed by atoms with Crippen molar-refractivity contribution in [2.24, 2.45) is 5.92 Å². The van der Waals surface area contributed by atoms with Gasteiger partial charge in [-0.15, -0.1) is 0 Å². The fourth-order valence-electron chi connectivity index (χ4n) is 2.70. The number of carbonyl (C=O) groups is 1. The molecule has 4 heteroatoms. The molecule has 2 N–H and O–H groups in total. The van der Waals surface area contributed by atoms with E-state index in [2.05, 4.69) is 5.32 Å². The molecular formula is C10H17NO3. The van der Waals surface area contributed by atoms with E-state index in [1.807, 2.05) is 0 Å². The Bertz CT molecular complexity index is 219. The maximum Gasteiger partial charge on any atom is 0.507 e. The van der Waals surface area contributed by atoms with Crippen LogP contribution in [-0.2, 0) is 4.74 Å². The molecule has 3 atom stereocenters. The summed E-state index contributed by atoms with van der Waals surface area (Å²) >= 11 is 0. The maximum absolute atomic E-state index is 10.4. The van der Waals surface area contributed by atoms with Gasteiger partial charge in [0.1, 0.15) is 0 Å². The fraction of sp³-hybridized carbons (Fsp3) is 0.900. The summed E-state index contributed by atoms with van der Waals surface area (Å²) in [7, 11) is 0. The van der Waals surface area contributed by atoms with Crippen molar-refractivity contribution in [3.63, 3.8) is 0 Å². The van der Waals surface area contributed by atoms with Crippen molar-refractivity contribution in [1.29, 1.82) is 0 Å². The number of rotatable bonds is 1. The first-order valence-electron chi connectivity index (χ1n) is 5.41. The van der Waals surface area contributed by atoms with E-state index in [-0.39, 0.29) is 6.23 Å². The quantitative estimate of drug-likeness (QED) is 0.634. The number of carboxylic acid groups (broad SMARTS) is 1. The van der Waals surface area contributed by atoms with Crippen LogP contribution in [0.4, 0.5) is 4.79 Å². The van der Waals surface area contributed by atoms with Crippen molar-refractivity contribution in [3.8, 4) is 0 Å². The van der Waals surface area contributed by atoms with Gasteiger partial charge in [0.15, 0.2) is 6.23 Å². The molecule has 14 heavy (non-hydrogen) atoms. The molecule has 0 bridgehead atoms. The largest absolute Gasteiger partial charge is 0.507 e. The monoisotopic (exact) mass is 199 g/mol. The molecule has 1 heterocycles. The van der Waals surface area contributed by atoms with Crippen LogP contribution in [0.2, 0.25) is 0 Å². The van der Waals surface area contributed by atoms with Gasteiger partial charge in [0.2, 0.25) is 0 Å². The fourth-order valence-corrected chi connectivity index (χ4v) is 2.70. The first kappa shape index (κ1) is 9.77. The first-order chi connectivity index (χ1) is 6.75. The summed E-state index contributed by atoms with van der Waals surface area (Å²) in [5.74, 6) is 0.748. The van der Waals surface area contributed by atoms with Gasteiger partial charge < -0.3 is 9.84 Å². The molecule has 1 saturated carbocycles. The minimum absolute atomic E-state index is 0.277. The highest BCUT2D eigenvalue weighted by Gasteiger charge is 2.32. The lowest BCUT2D eigenvalue weighted by Gasteiger charge is -2.21. The van der Waals surface area contributed by atoms with E-state index in [0.717, 1.165) is 18.8 Å². The molecule has 1 aliphatic carbocycles. The second-order valence-electron chi connectivity index (χ2n) is 4.27. The third-order valence-electron chi connectivity index (χ3n) is 3.34. The Morgan fingerprint density at radius 3 is 2.64 bits per heavy atom. The normalized spacial score (nSPS) is 37.3. The number of nitrogens with one attached hydrogen (secondary N) is 1. The summed E-state index contributed by atoms with van der Waals surface area (Å²) < 4.78 is 4.78. The zero-order chi connectivity index (χ0) is 9.97. The van der Waals surface area contributed by atoms with E-state index in [9.17, 15) is 4.79 Å². The van der Waals surface area contributed by atoms with Crippen LogP contribution in [0.3, 0.4) is 0 Å². The van der Waals surface area contributed by atoms with E-state index in [0.29, 0.717) is 6.04 Å². The third-order valence-corrected chi connectivity index (χ3v) is 3.34. The molecule has 0 radical (unpaired) electrons. The van der Waals surface area contributed by atoms with Crippen molar-refractivity contribution in [2.75, 3.05) is 0 Å². The van der Waals surface area contributed by atoms with Gasteiger partial charge in [0, 0.05) is 6.04 Å². The molecule has 2 rings (SSSR count). The Morgan fingerprint density at radius 2 is 1.93 bits per heavy atom. The summed E-state index contributed by atoms with van der Waals surface area (Å²) in [6, 6.07) is 0.488. The van der Waals surface area contributed by atoms with E-state index in [1.54, 1.807) is 0 Å². The summed E-state index contributed by atoms with van der Waals surface area (Å²) in [6.45, 7) is 0. The van der Waals surface area contributed by atoms with Crippen LogP contribution in [0.15, 0.2) is 0 Å². The highest BCUT2D eigenvalue weighted by molar-refractivity contribution is 5.57. The summed E-state index contributed by atoms with van der Waals surface area (Å²) in [6.07, 6.45) is 5.39. The standard InChI is InChI=1S/C10H17NO3/c12-10(13)14-9-6-2-4-7-3-1-5-8(7)11-9/h7-9,11H,1-6H2,(H,12,13). The van der Waals surface area contributed by atoms with E-state index in [1.165, 1.54) is 25.7 Å². The van der Waals surface area contributed by atoms with Crippen LogP contribution in [0.1, 0.15) is 38.5 Å². The SMILES string of the molecule is O=C(O)OC1CCCC2CCCC2N1. The summed E-state index contributed by atoms with van der Waals surface area (Å²) in [4.78, 5) is 10.4. The Balaban J connectivity index is 1.91. The van der Waals surface area contributed by atoms with Crippen molar-refractivity contribution >= 4 is 6.16 Å². The van der Waals surface area contributed by atoms with E-state index >= 15 is 0 Å². The predicted molar refractivity (Wildman–Crippen MR) is 51.0 cm³/mol. The Morgan fingerprint density at radius 1 is 1.21 bits per heavy atom. The van der Waals surface area contributed by atoms with Crippen LogP contribution in [-0.4, -0.2) is 23.5 Å². The van der Waals surface area contributed by atoms with Gasteiger partial charge in [0.05, 0.1) is 0 Å². The van der Waals surface area contributed by atoms with Crippen molar-refractivity contribution < 1.29 is 14.6 Å². The lowest BCUT2D eigenvalue weighted by atomic mass is 9.99. The van der Waals surface area contributed by atoms with Crippen LogP contribution in [0, 0.1) is 5.92 Å². The van der Waals surface area contributed by atoms with Gasteiger partial charge in [0.25, 0.3) is 0 Å². The van der Waals surface area contributed by atoms with Crippen molar-refractivity contribution in [1.82, 2.24) is 5.32 Å². The van der Waals surface area contributed by atoms with Gasteiger partial charge in [-0.2, -0.15) is 0 Å². The van der Waals surface area contributed by atoms with Crippen molar-refractivity contribution in [2.45, 2.75) is 50.8 Å². The summed E-state index contributed by atoms with van der Waals surface area (Å²) in [5.41, 5.74) is 0. The van der Waals surface area contributed by atoms with Crippen LogP contribution in [0.5, 0.6) is 0 Å². The predicted octanol–water partition coefficient (Wildman–Crippen LogP) is 1.95. The molecule has 4 nitrogen and oxygen atoms in total. The maximum atomic E-state index is 10.4. The van der Waals surface area contributed by atoms with E-state index < -0.39 is 6.16 Å². The van der Waals surface area contributed by atoms with Crippen LogP contribution >= 0.6 is 0 Å². The number of hydrogen-bond donors (Lipinski definition) is 2. The summed E-state index contributed by atoms with van der Waals surface area (Å²) in [5, 5.41) is 11.8. The molecule has 3 unspecified atom stereocenters. The highest BCUT2D eigenvalue weighted by atomic mass is 16.7. The molecule has 1 saturated heterocycles. The van der Waals surface area contributed by atoms with Gasteiger partial charge in [-0.25, -0.2) is 4.79 Å². The molecule has 2 aliphatic rings. The molecular weight excluding hydrogens is 182 g/mol. The average Bonchev–Trinajstić information content (AvgIpc) is 2.44. The molecule has 2 fully saturated rings. The van der Waals surface area contributed by atoms with Crippen LogP contribution in [0.25, 0.3) is 0 Å². The highest BCUT2D eigenvalue weighted by Crippen LogP contribution is 2.32. The second-order valence-corrected chi connectivity index (χ2v) is 4.27. The first-order valence-corrected chi connectivity index (χ1v) is 5.41. The number of ether oxygens (including phenoxy) is 1. The van der Waals surface area contributed by atoms with Gasteiger partial charge >= 0.3 is 6.16 Å². The lowest BCUT2D eigenvalue weighted by Crippen LogP contribution is -2.40. The number of hydrogen-bond acceptors (Lipinski definition) is 3. The Labute approximate surface area is 83.6 Å². The van der Waals surface area contributed by atoms with Crippen LogP contribution < -0.4 is 5.32 Å². The average molecular weight is 199 g/mol. The van der Waals surface area contributed by atoms with Gasteiger partial charge in [-0.3, -0.25) is 5.32 Å². The lowest BCUT2D eigenvalue weighted by molar-refractivity contribution is 0.0294. The molecule has 0 aromatic carbocycles. The minimum Gasteiger partial charge on any atom is -0.450 e. The molecule has 80 valence electrons. The van der Waals surface area contributed by atoms with Gasteiger partial charge in [-0.1, -0.05) is 6.42 Å². The van der Waals surface area contributed by atoms with Crippen molar-refractivity contribution in [3.05, 3.63) is 0 Å². The zero-order valence-electron chi connectivity index (χ0n) is 8.24. The Hall–Kier alpha value is -0.770. The topological polar surface area (TPSA) is 58.6 Å². The third kappa shape index (κ3) is 2.18. The second kappa shape index (κ2) is 4.17. The smallest absolute Gasteiger partial charge is 0.450 e.